The van der Waals surface area contributed by atoms with Gasteiger partial charge in [-0.3, -0.25) is 4.98 Å². The van der Waals surface area contributed by atoms with Gasteiger partial charge in [-0.15, -0.1) is 0 Å². The summed E-state index contributed by atoms with van der Waals surface area (Å²) in [5.41, 5.74) is 2.32. The molecule has 2 heteroatoms. The van der Waals surface area contributed by atoms with Crippen LogP contribution in [0.15, 0.2) is 36.5 Å². The first-order chi connectivity index (χ1) is 7.84. The predicted octanol–water partition coefficient (Wildman–Crippen LogP) is 2.65. The van der Waals surface area contributed by atoms with E-state index in [2.05, 4.69) is 29.2 Å². The fourth-order valence-corrected chi connectivity index (χ4v) is 2.55. The van der Waals surface area contributed by atoms with Crippen LogP contribution < -0.4 is 0 Å². The van der Waals surface area contributed by atoms with Gasteiger partial charge in [0.05, 0.1) is 12.1 Å². The van der Waals surface area contributed by atoms with Crippen molar-refractivity contribution in [2.24, 2.45) is 0 Å². The third-order valence-electron chi connectivity index (χ3n) is 3.83. The van der Waals surface area contributed by atoms with Crippen LogP contribution in [0.1, 0.15) is 24.8 Å². The molecule has 2 nitrogen and oxygen atoms in total. The van der Waals surface area contributed by atoms with Gasteiger partial charge in [0.2, 0.25) is 0 Å². The highest BCUT2D eigenvalue weighted by Crippen LogP contribution is 2.43. The summed E-state index contributed by atoms with van der Waals surface area (Å²) in [4.78, 5) is 4.31. The largest absolute Gasteiger partial charge is 0.395 e. The van der Waals surface area contributed by atoms with E-state index in [1.54, 1.807) is 0 Å². The van der Waals surface area contributed by atoms with Crippen molar-refractivity contribution in [1.82, 2.24) is 4.98 Å². The van der Waals surface area contributed by atoms with Gasteiger partial charge in [0.15, 0.2) is 0 Å². The number of benzene rings is 1. The van der Waals surface area contributed by atoms with E-state index in [1.165, 1.54) is 17.4 Å². The maximum absolute atomic E-state index is 9.55. The van der Waals surface area contributed by atoms with Crippen LogP contribution in [-0.4, -0.2) is 16.7 Å². The van der Waals surface area contributed by atoms with Gasteiger partial charge in [0.1, 0.15) is 0 Å². The molecule has 0 radical (unpaired) electrons. The first-order valence-electron chi connectivity index (χ1n) is 5.80. The lowest BCUT2D eigenvalue weighted by Gasteiger charge is -2.41. The first-order valence-corrected chi connectivity index (χ1v) is 5.80. The van der Waals surface area contributed by atoms with Gasteiger partial charge in [0.25, 0.3) is 0 Å². The van der Waals surface area contributed by atoms with Crippen molar-refractivity contribution in [2.45, 2.75) is 24.7 Å². The molecule has 82 valence electrons. The van der Waals surface area contributed by atoms with Crippen molar-refractivity contribution in [3.05, 3.63) is 42.1 Å². The summed E-state index contributed by atoms with van der Waals surface area (Å²) >= 11 is 0. The molecule has 16 heavy (non-hydrogen) atoms. The van der Waals surface area contributed by atoms with Crippen LogP contribution in [0.5, 0.6) is 0 Å². The lowest BCUT2D eigenvalue weighted by atomic mass is 9.65. The molecule has 1 saturated carbocycles. The molecule has 0 amide bonds. The minimum atomic E-state index is 0.0318. The van der Waals surface area contributed by atoms with Crippen LogP contribution in [0.4, 0.5) is 0 Å². The van der Waals surface area contributed by atoms with E-state index in [0.29, 0.717) is 0 Å². The lowest BCUT2D eigenvalue weighted by Crippen LogP contribution is -2.37. The second-order valence-electron chi connectivity index (χ2n) is 4.70. The zero-order valence-electron chi connectivity index (χ0n) is 9.19. The van der Waals surface area contributed by atoms with E-state index in [1.807, 2.05) is 12.3 Å². The molecule has 1 heterocycles. The number of fused-ring (bicyclic) bond motifs is 1. The zero-order valence-corrected chi connectivity index (χ0v) is 9.19. The van der Waals surface area contributed by atoms with Crippen molar-refractivity contribution in [1.29, 1.82) is 0 Å². The molecule has 0 spiro atoms. The SMILES string of the molecule is OCC1(c2ccc3ncccc3c2)CCC1. The fourth-order valence-electron chi connectivity index (χ4n) is 2.55. The van der Waals surface area contributed by atoms with Crippen molar-refractivity contribution >= 4 is 10.9 Å². The molecule has 1 aromatic carbocycles. The molecule has 0 aliphatic heterocycles. The maximum Gasteiger partial charge on any atom is 0.0702 e. The van der Waals surface area contributed by atoms with Gasteiger partial charge in [0, 0.05) is 17.0 Å². The summed E-state index contributed by atoms with van der Waals surface area (Å²) in [5, 5.41) is 10.7. The highest BCUT2D eigenvalue weighted by Gasteiger charge is 2.37. The Morgan fingerprint density at radius 3 is 2.81 bits per heavy atom. The van der Waals surface area contributed by atoms with Crippen molar-refractivity contribution in [2.75, 3.05) is 6.61 Å². The summed E-state index contributed by atoms with van der Waals surface area (Å²) in [5.74, 6) is 0. The highest BCUT2D eigenvalue weighted by molar-refractivity contribution is 5.79. The Morgan fingerprint density at radius 1 is 1.25 bits per heavy atom. The molecular formula is C14H15NO. The summed E-state index contributed by atoms with van der Waals surface area (Å²) < 4.78 is 0. The minimum Gasteiger partial charge on any atom is -0.395 e. The molecule has 0 bridgehead atoms. The van der Waals surface area contributed by atoms with Crippen LogP contribution >= 0.6 is 0 Å². The summed E-state index contributed by atoms with van der Waals surface area (Å²) in [6, 6.07) is 10.4. The van der Waals surface area contributed by atoms with E-state index in [9.17, 15) is 5.11 Å². The van der Waals surface area contributed by atoms with Crippen molar-refractivity contribution in [3.63, 3.8) is 0 Å². The van der Waals surface area contributed by atoms with Crippen LogP contribution in [-0.2, 0) is 5.41 Å². The van der Waals surface area contributed by atoms with E-state index in [-0.39, 0.29) is 12.0 Å². The Morgan fingerprint density at radius 2 is 2.12 bits per heavy atom. The van der Waals surface area contributed by atoms with Gasteiger partial charge >= 0.3 is 0 Å². The molecular weight excluding hydrogens is 198 g/mol. The standard InChI is InChI=1S/C14H15NO/c16-10-14(6-2-7-14)12-4-5-13-11(9-12)3-1-8-15-13/h1,3-5,8-9,16H,2,6-7,10H2. The monoisotopic (exact) mass is 213 g/mol. The molecule has 3 rings (SSSR count). The first kappa shape index (κ1) is 9.79. The van der Waals surface area contributed by atoms with Crippen LogP contribution in [0.2, 0.25) is 0 Å². The normalized spacial score (nSPS) is 18.3. The van der Waals surface area contributed by atoms with Gasteiger partial charge in [-0.25, -0.2) is 0 Å². The summed E-state index contributed by atoms with van der Waals surface area (Å²) in [7, 11) is 0. The second-order valence-corrected chi connectivity index (χ2v) is 4.70. The molecule has 1 aromatic heterocycles. The van der Waals surface area contributed by atoms with Gasteiger partial charge in [-0.1, -0.05) is 18.6 Å². The summed E-state index contributed by atoms with van der Waals surface area (Å²) in [6.07, 6.45) is 5.25. The van der Waals surface area contributed by atoms with E-state index < -0.39 is 0 Å². The summed E-state index contributed by atoms with van der Waals surface area (Å²) in [6.45, 7) is 0.263. The molecule has 1 aliphatic rings. The van der Waals surface area contributed by atoms with E-state index >= 15 is 0 Å². The fraction of sp³-hybridized carbons (Fsp3) is 0.357. The maximum atomic E-state index is 9.55. The molecule has 1 N–H and O–H groups in total. The average molecular weight is 213 g/mol. The topological polar surface area (TPSA) is 33.1 Å². The van der Waals surface area contributed by atoms with Crippen LogP contribution in [0, 0.1) is 0 Å². The minimum absolute atomic E-state index is 0.0318. The Labute approximate surface area is 94.9 Å². The smallest absolute Gasteiger partial charge is 0.0702 e. The number of hydrogen-bond donors (Lipinski definition) is 1. The predicted molar refractivity (Wildman–Crippen MR) is 64.4 cm³/mol. The van der Waals surface area contributed by atoms with E-state index in [4.69, 9.17) is 0 Å². The van der Waals surface area contributed by atoms with E-state index in [0.717, 1.165) is 18.4 Å². The Hall–Kier alpha value is -1.41. The van der Waals surface area contributed by atoms with Crippen LogP contribution in [0.25, 0.3) is 10.9 Å². The molecule has 0 saturated heterocycles. The van der Waals surface area contributed by atoms with Crippen molar-refractivity contribution < 1.29 is 5.11 Å². The number of hydrogen-bond acceptors (Lipinski definition) is 2. The second kappa shape index (κ2) is 3.56. The quantitative estimate of drug-likeness (QED) is 0.832. The van der Waals surface area contributed by atoms with Crippen LogP contribution in [0.3, 0.4) is 0 Å². The number of nitrogens with zero attached hydrogens (tertiary/aromatic N) is 1. The number of aliphatic hydroxyl groups is 1. The number of aliphatic hydroxyl groups excluding tert-OH is 1. The third kappa shape index (κ3) is 1.34. The third-order valence-corrected chi connectivity index (χ3v) is 3.83. The number of aromatic nitrogens is 1. The molecule has 0 atom stereocenters. The van der Waals surface area contributed by atoms with Gasteiger partial charge in [-0.2, -0.15) is 0 Å². The Kier molecular flexibility index (Phi) is 2.18. The Bertz CT molecular complexity index is 511. The molecule has 1 fully saturated rings. The number of rotatable bonds is 2. The average Bonchev–Trinajstić information content (AvgIpc) is 2.28. The highest BCUT2D eigenvalue weighted by atomic mass is 16.3. The lowest BCUT2D eigenvalue weighted by molar-refractivity contribution is 0.120. The Balaban J connectivity index is 2.11. The molecule has 0 unspecified atom stereocenters. The zero-order chi connectivity index (χ0) is 11.0. The van der Waals surface area contributed by atoms with Gasteiger partial charge in [-0.05, 0) is 36.6 Å². The number of pyridine rings is 1. The van der Waals surface area contributed by atoms with Crippen molar-refractivity contribution in [3.8, 4) is 0 Å². The molecule has 2 aromatic rings. The molecule has 1 aliphatic carbocycles. The van der Waals surface area contributed by atoms with Gasteiger partial charge < -0.3 is 5.11 Å².